The van der Waals surface area contributed by atoms with Gasteiger partial charge in [-0.15, -0.1) is 0 Å². The first-order valence-corrected chi connectivity index (χ1v) is 9.98. The molecule has 0 aromatic heterocycles. The first-order chi connectivity index (χ1) is 14.6. The predicted octanol–water partition coefficient (Wildman–Crippen LogP) is 2.60. The number of hydrogen-bond donors (Lipinski definition) is 5. The zero-order chi connectivity index (χ0) is 23.0. The van der Waals surface area contributed by atoms with Gasteiger partial charge in [0.15, 0.2) is 0 Å². The van der Waals surface area contributed by atoms with Gasteiger partial charge in [-0.3, -0.25) is 14.8 Å². The Morgan fingerprint density at radius 1 is 0.969 bits per heavy atom. The van der Waals surface area contributed by atoms with Gasteiger partial charge in [0, 0.05) is 28.8 Å². The summed E-state index contributed by atoms with van der Waals surface area (Å²) in [6, 6.07) is 13.3. The molecule has 32 heavy (non-hydrogen) atoms. The highest BCUT2D eigenvalue weighted by molar-refractivity contribution is 5.97. The maximum Gasteiger partial charge on any atom is 0.268 e. The average molecular weight is 440 g/mol. The molecule has 2 rings (SSSR count). The number of nitrogens with one attached hydrogen (secondary N) is 3. The molecule has 0 saturated carbocycles. The van der Waals surface area contributed by atoms with E-state index < -0.39 is 24.0 Å². The highest BCUT2D eigenvalue weighted by Gasteiger charge is 2.25. The van der Waals surface area contributed by atoms with E-state index in [4.69, 9.17) is 5.21 Å². The van der Waals surface area contributed by atoms with Gasteiger partial charge in [0.1, 0.15) is 6.04 Å². The van der Waals surface area contributed by atoms with Crippen LogP contribution in [0.25, 0.3) is 0 Å². The monoisotopic (exact) mass is 439 g/mol. The number of aliphatic hydroxyl groups is 1. The lowest BCUT2D eigenvalue weighted by Crippen LogP contribution is -2.51. The Labute approximate surface area is 190 Å². The lowest BCUT2D eigenvalue weighted by atomic mass is 10.1. The van der Waals surface area contributed by atoms with E-state index in [0.29, 0.717) is 5.56 Å². The molecule has 0 saturated heterocycles. The van der Waals surface area contributed by atoms with Crippen LogP contribution in [-0.4, -0.2) is 39.8 Å². The lowest BCUT2D eigenvalue weighted by molar-refractivity contribution is -0.133. The van der Waals surface area contributed by atoms with Crippen LogP contribution in [0.3, 0.4) is 0 Å². The van der Waals surface area contributed by atoms with Crippen molar-refractivity contribution >= 4 is 11.8 Å². The first-order valence-electron chi connectivity index (χ1n) is 9.98. The van der Waals surface area contributed by atoms with Crippen molar-refractivity contribution in [3.05, 3.63) is 70.8 Å². The maximum atomic E-state index is 12.3. The summed E-state index contributed by atoms with van der Waals surface area (Å²) < 4.78 is 0. The van der Waals surface area contributed by atoms with Gasteiger partial charge in [-0.1, -0.05) is 31.4 Å². The second kappa shape index (κ2) is 12.0. The molecule has 0 bridgehead atoms. The zero-order valence-electron chi connectivity index (χ0n) is 18.2. The van der Waals surface area contributed by atoms with Crippen molar-refractivity contribution in [2.24, 2.45) is 0 Å². The third-order valence-electron chi connectivity index (χ3n) is 4.44. The van der Waals surface area contributed by atoms with E-state index in [2.05, 4.69) is 43.2 Å². The van der Waals surface area contributed by atoms with Gasteiger partial charge in [-0.05, 0) is 69.7 Å². The number of rotatable bonds is 6. The lowest BCUT2D eigenvalue weighted by Gasteiger charge is -2.20. The molecule has 2 atom stereocenters. The van der Waals surface area contributed by atoms with Crippen LogP contribution in [0.4, 0.5) is 0 Å². The average Bonchev–Trinajstić information content (AvgIpc) is 2.74. The molecule has 2 aromatic carbocycles. The van der Waals surface area contributed by atoms with E-state index in [1.165, 1.54) is 18.0 Å². The van der Waals surface area contributed by atoms with Gasteiger partial charge < -0.3 is 15.7 Å². The molecule has 172 valence electrons. The summed E-state index contributed by atoms with van der Waals surface area (Å²) in [5, 5.41) is 24.1. The molecule has 0 radical (unpaired) electrons. The summed E-state index contributed by atoms with van der Waals surface area (Å²) in [7, 11) is 0. The van der Waals surface area contributed by atoms with E-state index in [9.17, 15) is 14.7 Å². The minimum absolute atomic E-state index is 0. The maximum absolute atomic E-state index is 12.3. The van der Waals surface area contributed by atoms with Crippen molar-refractivity contribution in [3.8, 4) is 11.8 Å². The van der Waals surface area contributed by atoms with E-state index in [-0.39, 0.29) is 13.0 Å². The van der Waals surface area contributed by atoms with Crippen LogP contribution < -0.4 is 16.1 Å². The van der Waals surface area contributed by atoms with Crippen LogP contribution in [-0.2, 0) is 11.3 Å². The fraction of sp³-hybridized carbons (Fsp3) is 0.360. The molecule has 7 heteroatoms. The predicted molar refractivity (Wildman–Crippen MR) is 125 cm³/mol. The van der Waals surface area contributed by atoms with Crippen molar-refractivity contribution in [1.82, 2.24) is 16.1 Å². The Hall–Kier alpha value is -3.18. The third-order valence-corrected chi connectivity index (χ3v) is 4.44. The number of amides is 2. The van der Waals surface area contributed by atoms with Crippen LogP contribution in [0, 0.1) is 11.8 Å². The molecule has 0 heterocycles. The minimum atomic E-state index is -1.27. The van der Waals surface area contributed by atoms with E-state index in [1.54, 1.807) is 24.3 Å². The molecule has 0 spiro atoms. The topological polar surface area (TPSA) is 111 Å². The van der Waals surface area contributed by atoms with Crippen LogP contribution in [0.2, 0.25) is 0 Å². The van der Waals surface area contributed by atoms with Crippen LogP contribution in [0.1, 0.15) is 62.2 Å². The van der Waals surface area contributed by atoms with E-state index in [0.717, 1.165) is 17.7 Å². The molecule has 0 aliphatic heterocycles. The summed E-state index contributed by atoms with van der Waals surface area (Å²) in [6.45, 7) is 8.50. The van der Waals surface area contributed by atoms with Crippen molar-refractivity contribution in [2.45, 2.75) is 59.4 Å². The van der Waals surface area contributed by atoms with Crippen molar-refractivity contribution in [1.29, 1.82) is 0 Å². The fourth-order valence-corrected chi connectivity index (χ4v) is 2.62. The molecular formula is C25H33N3O4. The summed E-state index contributed by atoms with van der Waals surface area (Å²) in [4.78, 5) is 23.8. The summed E-state index contributed by atoms with van der Waals surface area (Å²) in [5.74, 6) is 4.70. The number of aliphatic hydroxyl groups excluding tert-OH is 1. The summed E-state index contributed by atoms with van der Waals surface area (Å²) >= 11 is 0. The Kier molecular flexibility index (Phi) is 10.1. The van der Waals surface area contributed by atoms with Crippen molar-refractivity contribution < 1.29 is 19.9 Å². The molecule has 0 fully saturated rings. The first kappa shape index (κ1) is 26.9. The van der Waals surface area contributed by atoms with Gasteiger partial charge in [-0.25, -0.2) is 5.48 Å². The van der Waals surface area contributed by atoms with Gasteiger partial charge in [0.25, 0.3) is 11.8 Å². The highest BCUT2D eigenvalue weighted by Crippen LogP contribution is 2.08. The Bertz CT molecular complexity index is 950. The van der Waals surface area contributed by atoms with Gasteiger partial charge in [0.2, 0.25) is 0 Å². The van der Waals surface area contributed by atoms with Crippen LogP contribution in [0.5, 0.6) is 0 Å². The van der Waals surface area contributed by atoms with Crippen LogP contribution in [0.15, 0.2) is 48.5 Å². The number of benzene rings is 2. The summed E-state index contributed by atoms with van der Waals surface area (Å²) in [6.07, 6.45) is -1.17. The smallest absolute Gasteiger partial charge is 0.268 e. The standard InChI is InChI=1S/C24H29N3O4.CH4/c1-16(28)21(23(30)27-31)26-22(29)20-13-11-18(12-14-20)6-5-17-7-9-19(10-8-17)15-25-24(2,3)4;/h7-14,16,21,25,28,31H,15H2,1-4H3,(H,26,29)(H,27,30);1H4/t16-,21+;/m1./s1. The Balaban J connectivity index is 0.00000512. The fourth-order valence-electron chi connectivity index (χ4n) is 2.62. The zero-order valence-corrected chi connectivity index (χ0v) is 18.2. The summed E-state index contributed by atoms with van der Waals surface area (Å²) in [5.41, 5.74) is 4.59. The normalized spacial score (nSPS) is 12.4. The van der Waals surface area contributed by atoms with Crippen molar-refractivity contribution in [3.63, 3.8) is 0 Å². The molecule has 2 amide bonds. The molecule has 5 N–H and O–H groups in total. The van der Waals surface area contributed by atoms with Gasteiger partial charge in [0.05, 0.1) is 6.10 Å². The Morgan fingerprint density at radius 3 is 1.91 bits per heavy atom. The Morgan fingerprint density at radius 2 is 1.47 bits per heavy atom. The van der Waals surface area contributed by atoms with E-state index >= 15 is 0 Å². The van der Waals surface area contributed by atoms with E-state index in [1.807, 2.05) is 24.3 Å². The molecule has 7 nitrogen and oxygen atoms in total. The molecule has 0 aliphatic carbocycles. The second-order valence-corrected chi connectivity index (χ2v) is 8.30. The quantitative estimate of drug-likeness (QED) is 0.270. The molecular weight excluding hydrogens is 406 g/mol. The number of hydrogen-bond acceptors (Lipinski definition) is 5. The SMILES string of the molecule is C.C[C@@H](O)[C@H](NC(=O)c1ccc(C#Cc2ccc(CNC(C)(C)C)cc2)cc1)C(=O)NO. The minimum Gasteiger partial charge on any atom is -0.391 e. The number of hydroxylamine groups is 1. The molecule has 0 aliphatic rings. The molecule has 2 aromatic rings. The van der Waals surface area contributed by atoms with Crippen molar-refractivity contribution in [2.75, 3.05) is 0 Å². The van der Waals surface area contributed by atoms with Gasteiger partial charge in [-0.2, -0.15) is 0 Å². The second-order valence-electron chi connectivity index (χ2n) is 8.30. The largest absolute Gasteiger partial charge is 0.391 e. The number of carbonyl (C=O) groups excluding carboxylic acids is 2. The number of carbonyl (C=O) groups is 2. The van der Waals surface area contributed by atoms with Crippen LogP contribution >= 0.6 is 0 Å². The highest BCUT2D eigenvalue weighted by atomic mass is 16.5. The van der Waals surface area contributed by atoms with Gasteiger partial charge >= 0.3 is 0 Å². The molecule has 0 unspecified atom stereocenters. The third kappa shape index (κ3) is 8.52.